The topological polar surface area (TPSA) is 37.3 Å². The first-order valence-electron chi connectivity index (χ1n) is 5.99. The number of carboxylic acids is 1. The van der Waals surface area contributed by atoms with Crippen molar-refractivity contribution in [1.82, 2.24) is 0 Å². The van der Waals surface area contributed by atoms with Gasteiger partial charge in [-0.3, -0.25) is 4.79 Å². The molecular weight excluding hydrogens is 298 g/mol. The van der Waals surface area contributed by atoms with Crippen molar-refractivity contribution in [3.8, 4) is 0 Å². The molecule has 0 aromatic rings. The van der Waals surface area contributed by atoms with E-state index in [2.05, 4.69) is 6.92 Å². The Balaban J connectivity index is 0. The second-order valence-electron chi connectivity index (χ2n) is 3.97. The van der Waals surface area contributed by atoms with Crippen LogP contribution < -0.4 is 0 Å². The Morgan fingerprint density at radius 2 is 1.27 bits per heavy atom. The van der Waals surface area contributed by atoms with Crippen LogP contribution >= 0.6 is 0 Å². The van der Waals surface area contributed by atoms with Crippen LogP contribution in [0.2, 0.25) is 0 Å². The quantitative estimate of drug-likeness (QED) is 0.493. The normalized spacial score (nSPS) is 9.67. The van der Waals surface area contributed by atoms with E-state index in [1.807, 2.05) is 0 Å². The first kappa shape index (κ1) is 17.7. The van der Waals surface area contributed by atoms with Crippen molar-refractivity contribution in [3.63, 3.8) is 0 Å². The van der Waals surface area contributed by atoms with Gasteiger partial charge in [-0.15, -0.1) is 0 Å². The molecule has 0 aromatic carbocycles. The van der Waals surface area contributed by atoms with E-state index in [1.165, 1.54) is 44.9 Å². The molecule has 0 saturated carbocycles. The minimum atomic E-state index is -0.659. The van der Waals surface area contributed by atoms with E-state index < -0.39 is 5.97 Å². The third-order valence-electron chi connectivity index (χ3n) is 2.49. The Morgan fingerprint density at radius 3 is 1.67 bits per heavy atom. The van der Waals surface area contributed by atoms with Gasteiger partial charge in [0, 0.05) is 30.8 Å². The van der Waals surface area contributed by atoms with Gasteiger partial charge in [-0.05, 0) is 6.42 Å². The van der Waals surface area contributed by atoms with Crippen molar-refractivity contribution in [2.24, 2.45) is 0 Å². The van der Waals surface area contributed by atoms with Crippen LogP contribution in [-0.2, 0) is 4.79 Å². The fraction of sp³-hybridized carbons (Fsp3) is 0.917. The summed E-state index contributed by atoms with van der Waals surface area (Å²) >= 11 is 0. The number of carboxylic acid groups (broad SMARTS) is 1. The molecule has 0 atom stereocenters. The number of rotatable bonds is 10. The molecule has 89 valence electrons. The summed E-state index contributed by atoms with van der Waals surface area (Å²) in [5.74, 6) is -0.659. The molecule has 3 radical (unpaired) electrons. The average Bonchev–Trinajstić information content (AvgIpc) is 2.15. The SMILES string of the molecule is CCCCCCCCCCCC(=O)O.[Sb]. The summed E-state index contributed by atoms with van der Waals surface area (Å²) in [6, 6.07) is 0. The van der Waals surface area contributed by atoms with Crippen LogP contribution in [0.25, 0.3) is 0 Å². The van der Waals surface area contributed by atoms with Crippen LogP contribution in [0.4, 0.5) is 0 Å². The van der Waals surface area contributed by atoms with Crippen molar-refractivity contribution >= 4 is 30.4 Å². The molecule has 0 fully saturated rings. The third kappa shape index (κ3) is 16.9. The van der Waals surface area contributed by atoms with Gasteiger partial charge < -0.3 is 5.11 Å². The zero-order valence-corrected chi connectivity index (χ0v) is 12.4. The summed E-state index contributed by atoms with van der Waals surface area (Å²) in [5.41, 5.74) is 0. The monoisotopic (exact) mass is 321 g/mol. The zero-order valence-electron chi connectivity index (χ0n) is 9.87. The smallest absolute Gasteiger partial charge is 0.303 e. The number of hydrogen-bond donors (Lipinski definition) is 1. The van der Waals surface area contributed by atoms with Crippen LogP contribution in [0.3, 0.4) is 0 Å². The average molecular weight is 322 g/mol. The Labute approximate surface area is 111 Å². The van der Waals surface area contributed by atoms with Crippen molar-refractivity contribution < 1.29 is 9.90 Å². The van der Waals surface area contributed by atoms with Crippen LogP contribution in [-0.4, -0.2) is 35.5 Å². The predicted molar refractivity (Wildman–Crippen MR) is 65.2 cm³/mol. The van der Waals surface area contributed by atoms with Crippen LogP contribution in [0.15, 0.2) is 0 Å². The molecule has 0 aliphatic rings. The summed E-state index contributed by atoms with van der Waals surface area (Å²) in [6.07, 6.45) is 11.5. The maximum atomic E-state index is 10.2. The van der Waals surface area contributed by atoms with Gasteiger partial charge in [-0.2, -0.15) is 0 Å². The number of aliphatic carboxylic acids is 1. The Hall–Kier alpha value is 0.288. The van der Waals surface area contributed by atoms with E-state index in [0.29, 0.717) is 6.42 Å². The van der Waals surface area contributed by atoms with Crippen molar-refractivity contribution in [3.05, 3.63) is 0 Å². The largest absolute Gasteiger partial charge is 0.481 e. The predicted octanol–water partition coefficient (Wildman–Crippen LogP) is 3.61. The number of unbranched alkanes of at least 4 members (excludes halogenated alkanes) is 8. The van der Waals surface area contributed by atoms with Crippen molar-refractivity contribution in [2.75, 3.05) is 0 Å². The van der Waals surface area contributed by atoms with Crippen LogP contribution in [0.1, 0.15) is 71.1 Å². The van der Waals surface area contributed by atoms with Gasteiger partial charge in [0.05, 0.1) is 0 Å². The first-order valence-corrected chi connectivity index (χ1v) is 5.99. The molecule has 1 N–H and O–H groups in total. The molecule has 0 unspecified atom stereocenters. The molecule has 0 aliphatic carbocycles. The second kappa shape index (κ2) is 14.3. The molecule has 0 bridgehead atoms. The molecule has 0 aliphatic heterocycles. The summed E-state index contributed by atoms with van der Waals surface area (Å²) in [7, 11) is 0. The molecule has 2 nitrogen and oxygen atoms in total. The van der Waals surface area contributed by atoms with E-state index in [4.69, 9.17) is 5.11 Å². The molecule has 0 rings (SSSR count). The second-order valence-corrected chi connectivity index (χ2v) is 3.97. The van der Waals surface area contributed by atoms with Gasteiger partial charge in [0.15, 0.2) is 0 Å². The van der Waals surface area contributed by atoms with Gasteiger partial charge in [0.25, 0.3) is 0 Å². The van der Waals surface area contributed by atoms with E-state index in [-0.39, 0.29) is 24.4 Å². The van der Waals surface area contributed by atoms with Crippen molar-refractivity contribution in [1.29, 1.82) is 0 Å². The molecule has 15 heavy (non-hydrogen) atoms. The Morgan fingerprint density at radius 1 is 0.867 bits per heavy atom. The summed E-state index contributed by atoms with van der Waals surface area (Å²) in [6.45, 7) is 2.23. The van der Waals surface area contributed by atoms with Crippen LogP contribution in [0.5, 0.6) is 0 Å². The standard InChI is InChI=1S/C12H24O2.Sb/c1-2-3-4-5-6-7-8-9-10-11-12(13)14;/h2-11H2,1H3,(H,13,14);. The maximum absolute atomic E-state index is 10.2. The van der Waals surface area contributed by atoms with E-state index in [1.54, 1.807) is 0 Å². The van der Waals surface area contributed by atoms with E-state index in [0.717, 1.165) is 12.8 Å². The van der Waals surface area contributed by atoms with E-state index in [9.17, 15) is 4.79 Å². The third-order valence-corrected chi connectivity index (χ3v) is 2.49. The maximum Gasteiger partial charge on any atom is 0.303 e. The fourth-order valence-electron chi connectivity index (χ4n) is 1.59. The zero-order chi connectivity index (χ0) is 10.6. The molecule has 0 heterocycles. The summed E-state index contributed by atoms with van der Waals surface area (Å²) in [5, 5.41) is 8.41. The Kier molecular flexibility index (Phi) is 16.8. The molecular formula is C12H24O2Sb. The van der Waals surface area contributed by atoms with Gasteiger partial charge in [0.2, 0.25) is 0 Å². The summed E-state index contributed by atoms with van der Waals surface area (Å²) in [4.78, 5) is 10.2. The molecule has 3 heteroatoms. The molecule has 0 amide bonds. The van der Waals surface area contributed by atoms with Gasteiger partial charge >= 0.3 is 5.97 Å². The first-order chi connectivity index (χ1) is 6.77. The molecule has 0 saturated heterocycles. The van der Waals surface area contributed by atoms with Crippen LogP contribution in [0, 0.1) is 0 Å². The Bertz CT molecular complexity index is 138. The minimum absolute atomic E-state index is 0. The fourth-order valence-corrected chi connectivity index (χ4v) is 1.59. The van der Waals surface area contributed by atoms with E-state index >= 15 is 0 Å². The van der Waals surface area contributed by atoms with Gasteiger partial charge in [-0.25, -0.2) is 0 Å². The summed E-state index contributed by atoms with van der Waals surface area (Å²) < 4.78 is 0. The molecule has 0 spiro atoms. The van der Waals surface area contributed by atoms with Crippen molar-refractivity contribution in [2.45, 2.75) is 71.1 Å². The van der Waals surface area contributed by atoms with Gasteiger partial charge in [-0.1, -0.05) is 58.3 Å². The molecule has 0 aromatic heterocycles. The minimum Gasteiger partial charge on any atom is -0.481 e. The van der Waals surface area contributed by atoms with Gasteiger partial charge in [0.1, 0.15) is 0 Å². The number of carbonyl (C=O) groups is 1. The number of hydrogen-bond acceptors (Lipinski definition) is 1.